The lowest BCUT2D eigenvalue weighted by molar-refractivity contribution is 0.477. The molecule has 0 aliphatic carbocycles. The Hall–Kier alpha value is -2.97. The first-order valence-electron chi connectivity index (χ1n) is 11.0. The van der Waals surface area contributed by atoms with Crippen LogP contribution < -0.4 is 0 Å². The zero-order valence-electron chi connectivity index (χ0n) is 18.8. The number of rotatable bonds is 8. The monoisotopic (exact) mass is 425 g/mol. The standard InChI is InChI=1S/C29H31NS/c1-5-27(24-14-10-8-11-15-24)28(25-16-12-9-13-17-25)26-20-18-23(19-21-26)22(4)29(31)30(6-2)7-3/h8-21H,4-7H2,1-3H3. The summed E-state index contributed by atoms with van der Waals surface area (Å²) in [6, 6.07) is 30.0. The van der Waals surface area contributed by atoms with E-state index >= 15 is 0 Å². The zero-order chi connectivity index (χ0) is 22.2. The van der Waals surface area contributed by atoms with Gasteiger partial charge in [0, 0.05) is 18.7 Å². The first-order valence-corrected chi connectivity index (χ1v) is 11.4. The summed E-state index contributed by atoms with van der Waals surface area (Å²) in [5, 5.41) is 0. The molecular formula is C29H31NS. The molecule has 0 atom stereocenters. The van der Waals surface area contributed by atoms with Crippen LogP contribution in [0.5, 0.6) is 0 Å². The molecule has 0 saturated heterocycles. The predicted octanol–water partition coefficient (Wildman–Crippen LogP) is 7.74. The van der Waals surface area contributed by atoms with Crippen molar-refractivity contribution in [3.63, 3.8) is 0 Å². The highest BCUT2D eigenvalue weighted by atomic mass is 32.1. The first-order chi connectivity index (χ1) is 15.1. The van der Waals surface area contributed by atoms with Crippen LogP contribution in [0.25, 0.3) is 16.7 Å². The molecular weight excluding hydrogens is 394 g/mol. The molecule has 0 radical (unpaired) electrons. The van der Waals surface area contributed by atoms with Crippen LogP contribution in [0.4, 0.5) is 0 Å². The molecule has 31 heavy (non-hydrogen) atoms. The highest BCUT2D eigenvalue weighted by Gasteiger charge is 2.15. The van der Waals surface area contributed by atoms with Gasteiger partial charge in [0.05, 0.1) is 0 Å². The van der Waals surface area contributed by atoms with E-state index in [4.69, 9.17) is 12.2 Å². The topological polar surface area (TPSA) is 3.24 Å². The number of likely N-dealkylation sites (N-methyl/N-ethyl adjacent to an activating group) is 1. The molecule has 0 aliphatic heterocycles. The molecule has 0 aliphatic rings. The van der Waals surface area contributed by atoms with Crippen LogP contribution in [0.3, 0.4) is 0 Å². The Morgan fingerprint density at radius 2 is 1.13 bits per heavy atom. The Bertz CT molecular complexity index is 1040. The number of thiocarbonyl (C=S) groups is 1. The van der Waals surface area contributed by atoms with Gasteiger partial charge in [-0.3, -0.25) is 0 Å². The minimum Gasteiger partial charge on any atom is -0.363 e. The molecule has 0 bridgehead atoms. The van der Waals surface area contributed by atoms with Crippen LogP contribution in [0.1, 0.15) is 49.4 Å². The number of nitrogens with zero attached hydrogens (tertiary/aromatic N) is 1. The Morgan fingerprint density at radius 3 is 1.61 bits per heavy atom. The van der Waals surface area contributed by atoms with Crippen LogP contribution in [0.2, 0.25) is 0 Å². The summed E-state index contributed by atoms with van der Waals surface area (Å²) in [6.45, 7) is 12.5. The van der Waals surface area contributed by atoms with Gasteiger partial charge in [-0.2, -0.15) is 0 Å². The lowest BCUT2D eigenvalue weighted by Gasteiger charge is -2.23. The maximum atomic E-state index is 5.68. The molecule has 0 heterocycles. The van der Waals surface area contributed by atoms with Crippen molar-refractivity contribution >= 4 is 33.9 Å². The smallest absolute Gasteiger partial charge is 0.109 e. The number of hydrogen-bond acceptors (Lipinski definition) is 1. The van der Waals surface area contributed by atoms with Gasteiger partial charge in [-0.15, -0.1) is 0 Å². The van der Waals surface area contributed by atoms with Crippen molar-refractivity contribution in [2.24, 2.45) is 0 Å². The zero-order valence-corrected chi connectivity index (χ0v) is 19.6. The van der Waals surface area contributed by atoms with Gasteiger partial charge in [0.2, 0.25) is 0 Å². The first kappa shape index (κ1) is 22.7. The fourth-order valence-corrected chi connectivity index (χ4v) is 4.32. The molecule has 0 saturated carbocycles. The van der Waals surface area contributed by atoms with E-state index in [2.05, 4.69) is 117 Å². The van der Waals surface area contributed by atoms with E-state index in [0.717, 1.165) is 35.6 Å². The second kappa shape index (κ2) is 10.9. The van der Waals surface area contributed by atoms with E-state index in [1.807, 2.05) is 0 Å². The van der Waals surface area contributed by atoms with Crippen LogP contribution in [0.15, 0.2) is 91.5 Å². The fourth-order valence-electron chi connectivity index (χ4n) is 3.95. The van der Waals surface area contributed by atoms with Crippen molar-refractivity contribution < 1.29 is 0 Å². The Kier molecular flexibility index (Phi) is 7.97. The average molecular weight is 426 g/mol. The van der Waals surface area contributed by atoms with Crippen LogP contribution in [-0.2, 0) is 0 Å². The van der Waals surface area contributed by atoms with E-state index in [1.54, 1.807) is 0 Å². The Labute approximate surface area is 192 Å². The molecule has 0 unspecified atom stereocenters. The molecule has 0 fully saturated rings. The van der Waals surface area contributed by atoms with E-state index in [-0.39, 0.29) is 0 Å². The van der Waals surface area contributed by atoms with Gasteiger partial charge >= 0.3 is 0 Å². The number of allylic oxidation sites excluding steroid dienone is 1. The van der Waals surface area contributed by atoms with Crippen molar-refractivity contribution in [1.82, 2.24) is 4.90 Å². The molecule has 2 heteroatoms. The predicted molar refractivity (Wildman–Crippen MR) is 140 cm³/mol. The van der Waals surface area contributed by atoms with Gasteiger partial charge in [-0.25, -0.2) is 0 Å². The molecule has 3 aromatic rings. The van der Waals surface area contributed by atoms with Gasteiger partial charge in [0.1, 0.15) is 4.99 Å². The van der Waals surface area contributed by atoms with Crippen LogP contribution in [0, 0.1) is 0 Å². The molecule has 0 N–H and O–H groups in total. The van der Waals surface area contributed by atoms with Gasteiger partial charge in [-0.05, 0) is 53.7 Å². The third-order valence-electron chi connectivity index (χ3n) is 5.67. The minimum absolute atomic E-state index is 0.829. The molecule has 158 valence electrons. The van der Waals surface area contributed by atoms with E-state index < -0.39 is 0 Å². The molecule has 0 amide bonds. The Balaban J connectivity index is 2.07. The molecule has 3 rings (SSSR count). The number of hydrogen-bond donors (Lipinski definition) is 0. The Morgan fingerprint density at radius 1 is 0.677 bits per heavy atom. The van der Waals surface area contributed by atoms with Crippen molar-refractivity contribution in [2.45, 2.75) is 27.2 Å². The second-order valence-electron chi connectivity index (χ2n) is 7.47. The molecule has 3 aromatic carbocycles. The van der Waals surface area contributed by atoms with E-state index in [1.165, 1.54) is 27.8 Å². The summed E-state index contributed by atoms with van der Waals surface area (Å²) < 4.78 is 0. The van der Waals surface area contributed by atoms with Gasteiger partial charge < -0.3 is 4.90 Å². The normalized spacial score (nSPS) is 11.6. The quantitative estimate of drug-likeness (QED) is 0.206. The highest BCUT2D eigenvalue weighted by molar-refractivity contribution is 7.81. The molecule has 0 spiro atoms. The SMILES string of the molecule is C=C(C(=S)N(CC)CC)c1ccc(C(=C(CC)c2ccccc2)c2ccccc2)cc1. The fraction of sp³-hybridized carbons (Fsp3) is 0.207. The largest absolute Gasteiger partial charge is 0.363 e. The third kappa shape index (κ3) is 5.21. The second-order valence-corrected chi connectivity index (χ2v) is 7.86. The van der Waals surface area contributed by atoms with Crippen molar-refractivity contribution in [3.05, 3.63) is 114 Å². The van der Waals surface area contributed by atoms with Crippen LogP contribution >= 0.6 is 12.2 Å². The van der Waals surface area contributed by atoms with Crippen molar-refractivity contribution in [3.8, 4) is 0 Å². The summed E-state index contributed by atoms with van der Waals surface area (Å²) in [6.07, 6.45) is 0.953. The summed E-state index contributed by atoms with van der Waals surface area (Å²) in [4.78, 5) is 3.00. The summed E-state index contributed by atoms with van der Waals surface area (Å²) in [5.41, 5.74) is 8.31. The molecule has 1 nitrogen and oxygen atoms in total. The maximum Gasteiger partial charge on any atom is 0.109 e. The lowest BCUT2D eigenvalue weighted by Crippen LogP contribution is -2.29. The van der Waals surface area contributed by atoms with E-state index in [9.17, 15) is 0 Å². The number of benzene rings is 3. The van der Waals surface area contributed by atoms with Crippen molar-refractivity contribution in [2.75, 3.05) is 13.1 Å². The highest BCUT2D eigenvalue weighted by Crippen LogP contribution is 2.34. The summed E-state index contributed by atoms with van der Waals surface area (Å²) in [5.74, 6) is 0. The van der Waals surface area contributed by atoms with Crippen LogP contribution in [-0.4, -0.2) is 23.0 Å². The van der Waals surface area contributed by atoms with Gasteiger partial charge in [0.15, 0.2) is 0 Å². The van der Waals surface area contributed by atoms with E-state index in [0.29, 0.717) is 0 Å². The molecule has 0 aromatic heterocycles. The lowest BCUT2D eigenvalue weighted by atomic mass is 9.87. The average Bonchev–Trinajstić information content (AvgIpc) is 2.84. The minimum atomic E-state index is 0.829. The maximum absolute atomic E-state index is 5.68. The summed E-state index contributed by atoms with van der Waals surface area (Å²) >= 11 is 5.68. The summed E-state index contributed by atoms with van der Waals surface area (Å²) in [7, 11) is 0. The van der Waals surface area contributed by atoms with Gasteiger partial charge in [0.25, 0.3) is 0 Å². The van der Waals surface area contributed by atoms with Gasteiger partial charge in [-0.1, -0.05) is 111 Å². The van der Waals surface area contributed by atoms with Crippen molar-refractivity contribution in [1.29, 1.82) is 0 Å². The third-order valence-corrected chi connectivity index (χ3v) is 6.18.